The average Bonchev–Trinajstić information content (AvgIpc) is 3.33. The van der Waals surface area contributed by atoms with Crippen molar-refractivity contribution < 1.29 is 19.0 Å². The summed E-state index contributed by atoms with van der Waals surface area (Å²) < 4.78 is 16.9. The first-order valence-corrected chi connectivity index (χ1v) is 7.66. The van der Waals surface area contributed by atoms with Gasteiger partial charge in [0, 0.05) is 11.6 Å². The number of hydrogen-bond donors (Lipinski definition) is 0. The lowest BCUT2D eigenvalue weighted by atomic mass is 10.0. The molecule has 5 heteroatoms. The Bertz CT molecular complexity index is 686. The van der Waals surface area contributed by atoms with Gasteiger partial charge in [-0.15, -0.1) is 0 Å². The summed E-state index contributed by atoms with van der Waals surface area (Å²) in [5.74, 6) is 0.434. The monoisotopic (exact) mass is 362 g/mol. The fraction of sp³-hybridized carbons (Fsp3) is 0.235. The van der Waals surface area contributed by atoms with Crippen molar-refractivity contribution >= 4 is 21.7 Å². The highest BCUT2D eigenvalue weighted by Crippen LogP contribution is 2.44. The molecule has 2 aromatic rings. The van der Waals surface area contributed by atoms with Crippen LogP contribution in [-0.2, 0) is 9.47 Å². The van der Waals surface area contributed by atoms with Crippen molar-refractivity contribution in [3.8, 4) is 5.75 Å². The fourth-order valence-electron chi connectivity index (χ4n) is 2.33. The van der Waals surface area contributed by atoms with E-state index in [0.717, 1.165) is 10.0 Å². The summed E-state index contributed by atoms with van der Waals surface area (Å²) in [7, 11) is 1.54. The molecule has 0 spiro atoms. The molecule has 1 heterocycles. The lowest BCUT2D eigenvalue weighted by molar-refractivity contribution is 0.0501. The van der Waals surface area contributed by atoms with Crippen molar-refractivity contribution in [2.24, 2.45) is 0 Å². The number of halogens is 1. The molecule has 0 saturated carbocycles. The molecule has 0 amide bonds. The number of ketones is 1. The van der Waals surface area contributed by atoms with E-state index in [0.29, 0.717) is 11.3 Å². The molecule has 114 valence electrons. The minimum atomic E-state index is -0.467. The van der Waals surface area contributed by atoms with Crippen LogP contribution in [0.4, 0.5) is 0 Å². The molecule has 22 heavy (non-hydrogen) atoms. The van der Waals surface area contributed by atoms with Crippen molar-refractivity contribution in [2.45, 2.75) is 12.2 Å². The van der Waals surface area contributed by atoms with Gasteiger partial charge in [0.2, 0.25) is 0 Å². The maximum Gasteiger partial charge on any atom is 0.198 e. The number of carbonyl (C=O) groups excluding carboxylic acids is 1. The Hall–Kier alpha value is -1.69. The highest BCUT2D eigenvalue weighted by Gasteiger charge is 2.47. The summed E-state index contributed by atoms with van der Waals surface area (Å²) in [4.78, 5) is 12.6. The Morgan fingerprint density at radius 1 is 1.18 bits per heavy atom. The quantitative estimate of drug-likeness (QED) is 0.446. The van der Waals surface area contributed by atoms with Crippen molar-refractivity contribution in [1.29, 1.82) is 0 Å². The van der Waals surface area contributed by atoms with Crippen LogP contribution in [0.15, 0.2) is 53.0 Å². The van der Waals surface area contributed by atoms with E-state index in [9.17, 15) is 4.79 Å². The molecule has 0 aromatic heterocycles. The van der Waals surface area contributed by atoms with Crippen molar-refractivity contribution in [3.63, 3.8) is 0 Å². The van der Waals surface area contributed by atoms with Crippen LogP contribution in [0.3, 0.4) is 0 Å². The number of rotatable bonds is 6. The van der Waals surface area contributed by atoms with E-state index in [-0.39, 0.29) is 18.7 Å². The SMILES string of the molecule is COCOc1ccccc1C(=O)[C@@H]1O[C@@H]1c1ccccc1Br. The maximum atomic E-state index is 12.6. The van der Waals surface area contributed by atoms with E-state index in [1.54, 1.807) is 12.1 Å². The number of carbonyl (C=O) groups is 1. The molecule has 0 radical (unpaired) electrons. The van der Waals surface area contributed by atoms with E-state index in [1.165, 1.54) is 7.11 Å². The molecule has 1 fully saturated rings. The molecule has 0 unspecified atom stereocenters. The molecular formula is C17H15BrO4. The van der Waals surface area contributed by atoms with Crippen molar-refractivity contribution in [3.05, 3.63) is 64.1 Å². The van der Waals surface area contributed by atoms with Crippen molar-refractivity contribution in [2.75, 3.05) is 13.9 Å². The first-order chi connectivity index (χ1) is 10.7. The number of methoxy groups -OCH3 is 1. The maximum absolute atomic E-state index is 12.6. The molecule has 1 saturated heterocycles. The van der Waals surface area contributed by atoms with Crippen LogP contribution in [0.2, 0.25) is 0 Å². The van der Waals surface area contributed by atoms with Crippen LogP contribution in [-0.4, -0.2) is 25.8 Å². The molecular weight excluding hydrogens is 348 g/mol. The third kappa shape index (κ3) is 3.06. The Kier molecular flexibility index (Phi) is 4.57. The first kappa shape index (κ1) is 15.2. The van der Waals surface area contributed by atoms with E-state index >= 15 is 0 Å². The highest BCUT2D eigenvalue weighted by atomic mass is 79.9. The van der Waals surface area contributed by atoms with E-state index in [1.807, 2.05) is 36.4 Å². The molecule has 0 bridgehead atoms. The van der Waals surface area contributed by atoms with E-state index in [4.69, 9.17) is 14.2 Å². The smallest absolute Gasteiger partial charge is 0.198 e. The van der Waals surface area contributed by atoms with Crippen LogP contribution < -0.4 is 4.74 Å². The summed E-state index contributed by atoms with van der Waals surface area (Å²) in [6, 6.07) is 14.9. The number of epoxide rings is 1. The van der Waals surface area contributed by atoms with Gasteiger partial charge in [-0.2, -0.15) is 0 Å². The molecule has 0 N–H and O–H groups in total. The van der Waals surface area contributed by atoms with E-state index in [2.05, 4.69) is 15.9 Å². The average molecular weight is 363 g/mol. The molecule has 4 nitrogen and oxygen atoms in total. The zero-order valence-corrected chi connectivity index (χ0v) is 13.6. The first-order valence-electron chi connectivity index (χ1n) is 6.87. The summed E-state index contributed by atoms with van der Waals surface area (Å²) >= 11 is 3.49. The van der Waals surface area contributed by atoms with Gasteiger partial charge in [-0.25, -0.2) is 0 Å². The van der Waals surface area contributed by atoms with Crippen molar-refractivity contribution in [1.82, 2.24) is 0 Å². The lowest BCUT2D eigenvalue weighted by Crippen LogP contribution is -2.11. The van der Waals surface area contributed by atoms with Gasteiger partial charge in [0.1, 0.15) is 11.9 Å². The number of ether oxygens (including phenoxy) is 3. The van der Waals surface area contributed by atoms with Crippen LogP contribution >= 0.6 is 15.9 Å². The summed E-state index contributed by atoms with van der Waals surface area (Å²) in [5.41, 5.74) is 1.50. The Labute approximate surface area is 137 Å². The van der Waals surface area contributed by atoms with Gasteiger partial charge in [0.15, 0.2) is 18.7 Å². The third-order valence-electron chi connectivity index (χ3n) is 3.45. The zero-order chi connectivity index (χ0) is 15.5. The number of benzene rings is 2. The lowest BCUT2D eigenvalue weighted by Gasteiger charge is -2.08. The zero-order valence-electron chi connectivity index (χ0n) is 12.0. The van der Waals surface area contributed by atoms with Crippen LogP contribution in [0.25, 0.3) is 0 Å². The van der Waals surface area contributed by atoms with Crippen LogP contribution in [0.5, 0.6) is 5.75 Å². The molecule has 2 aromatic carbocycles. The standard InChI is InChI=1S/C17H15BrO4/c1-20-10-21-14-9-5-3-7-12(14)15(19)17-16(22-17)11-6-2-4-8-13(11)18/h2-9,16-17H,10H2,1H3/t16-,17+/m1/s1. The summed E-state index contributed by atoms with van der Waals surface area (Å²) in [6.45, 7) is 0.101. The van der Waals surface area contributed by atoms with Gasteiger partial charge in [0.05, 0.1) is 5.56 Å². The predicted octanol–water partition coefficient (Wildman–Crippen LogP) is 3.75. The van der Waals surface area contributed by atoms with Crippen LogP contribution in [0, 0.1) is 0 Å². The summed E-state index contributed by atoms with van der Waals surface area (Å²) in [5, 5.41) is 0. The van der Waals surface area contributed by atoms with Gasteiger partial charge < -0.3 is 14.2 Å². The topological polar surface area (TPSA) is 48.1 Å². The number of para-hydroxylation sites is 1. The molecule has 1 aliphatic heterocycles. The summed E-state index contributed by atoms with van der Waals surface area (Å²) in [6.07, 6.45) is -0.676. The minimum Gasteiger partial charge on any atom is -0.467 e. The number of Topliss-reactive ketones (excluding diaryl/α,β-unsaturated/α-hetero) is 1. The largest absolute Gasteiger partial charge is 0.467 e. The Morgan fingerprint density at radius 2 is 1.91 bits per heavy atom. The second-order valence-corrected chi connectivity index (χ2v) is 5.76. The van der Waals surface area contributed by atoms with Gasteiger partial charge in [0.25, 0.3) is 0 Å². The normalized spacial score (nSPS) is 19.7. The van der Waals surface area contributed by atoms with Crippen LogP contribution in [0.1, 0.15) is 22.0 Å². The second-order valence-electron chi connectivity index (χ2n) is 4.91. The fourth-order valence-corrected chi connectivity index (χ4v) is 2.84. The minimum absolute atomic E-state index is 0.0764. The Balaban J connectivity index is 1.78. The molecule has 0 aliphatic carbocycles. The molecule has 1 aliphatic rings. The Morgan fingerprint density at radius 3 is 2.68 bits per heavy atom. The van der Waals surface area contributed by atoms with Gasteiger partial charge in [-0.05, 0) is 23.8 Å². The number of hydrogen-bond acceptors (Lipinski definition) is 4. The van der Waals surface area contributed by atoms with Gasteiger partial charge in [-0.3, -0.25) is 4.79 Å². The molecule has 3 rings (SSSR count). The van der Waals surface area contributed by atoms with E-state index < -0.39 is 6.10 Å². The second kappa shape index (κ2) is 6.60. The van der Waals surface area contributed by atoms with Gasteiger partial charge in [-0.1, -0.05) is 46.3 Å². The van der Waals surface area contributed by atoms with Gasteiger partial charge >= 0.3 is 0 Å². The predicted molar refractivity (Wildman–Crippen MR) is 85.0 cm³/mol. The highest BCUT2D eigenvalue weighted by molar-refractivity contribution is 9.10. The molecule has 2 atom stereocenters. The third-order valence-corrected chi connectivity index (χ3v) is 4.17.